The summed E-state index contributed by atoms with van der Waals surface area (Å²) in [5, 5.41) is 3.55. The van der Waals surface area contributed by atoms with E-state index in [0.717, 1.165) is 29.1 Å². The smallest absolute Gasteiger partial charge is 0.110 e. The van der Waals surface area contributed by atoms with Crippen LogP contribution >= 0.6 is 43.2 Å². The largest absolute Gasteiger partial charge is 0.335 e. The molecule has 1 unspecified atom stereocenters. The number of imidazole rings is 1. The van der Waals surface area contributed by atoms with Crippen LogP contribution in [0, 0.1) is 0 Å². The average Bonchev–Trinajstić information content (AvgIpc) is 2.95. The first-order chi connectivity index (χ1) is 9.15. The molecule has 6 heteroatoms. The molecule has 1 atom stereocenters. The second kappa shape index (κ2) is 7.02. The number of hydrogen-bond donors (Lipinski definition) is 1. The monoisotopic (exact) mass is 405 g/mol. The fraction of sp³-hybridized carbons (Fsp3) is 0.462. The number of nitrogens with one attached hydrogen (secondary N) is 1. The molecule has 0 amide bonds. The van der Waals surface area contributed by atoms with Crippen LogP contribution in [0.4, 0.5) is 0 Å². The van der Waals surface area contributed by atoms with Gasteiger partial charge in [0.05, 0.1) is 7.57 Å². The van der Waals surface area contributed by atoms with E-state index in [4.69, 9.17) is 0 Å². The third-order valence-corrected chi connectivity index (χ3v) is 5.42. The fourth-order valence-electron chi connectivity index (χ4n) is 2.13. The Morgan fingerprint density at radius 1 is 1.42 bits per heavy atom. The predicted octanol–water partition coefficient (Wildman–Crippen LogP) is 4.38. The number of thiophene rings is 1. The Balaban J connectivity index is 2.23. The molecule has 2 aromatic heterocycles. The van der Waals surface area contributed by atoms with Crippen molar-refractivity contribution in [3.05, 3.63) is 37.4 Å². The molecule has 1 N–H and O–H groups in total. The molecule has 0 saturated carbocycles. The molecule has 0 bridgehead atoms. The van der Waals surface area contributed by atoms with Gasteiger partial charge in [0.15, 0.2) is 0 Å². The quantitative estimate of drug-likeness (QED) is 0.771. The second-order valence-corrected chi connectivity index (χ2v) is 7.97. The normalized spacial score (nSPS) is 12.8. The average molecular weight is 407 g/mol. The van der Waals surface area contributed by atoms with Crippen molar-refractivity contribution in [1.29, 1.82) is 0 Å². The molecular weight excluding hydrogens is 390 g/mol. The van der Waals surface area contributed by atoms with E-state index in [9.17, 15) is 0 Å². The molecule has 2 heterocycles. The van der Waals surface area contributed by atoms with Gasteiger partial charge in [0.2, 0.25) is 0 Å². The van der Waals surface area contributed by atoms with Crippen molar-refractivity contribution in [1.82, 2.24) is 14.9 Å². The minimum atomic E-state index is 0.287. The topological polar surface area (TPSA) is 29.9 Å². The molecular formula is C13H17Br2N3S. The lowest BCUT2D eigenvalue weighted by Gasteiger charge is -2.18. The van der Waals surface area contributed by atoms with Gasteiger partial charge in [0, 0.05) is 31.4 Å². The Morgan fingerprint density at radius 2 is 2.21 bits per heavy atom. The zero-order chi connectivity index (χ0) is 13.8. The highest BCUT2D eigenvalue weighted by molar-refractivity contribution is 9.12. The van der Waals surface area contributed by atoms with Crippen LogP contribution in [0.1, 0.15) is 31.3 Å². The van der Waals surface area contributed by atoms with Crippen molar-refractivity contribution in [3.8, 4) is 0 Å². The molecule has 0 saturated heterocycles. The number of hydrogen-bond acceptors (Lipinski definition) is 3. The SMILES string of the molecule is CCNC(Cc1nccn1CC)c1cc(Br)sc1Br. The summed E-state index contributed by atoms with van der Waals surface area (Å²) in [5.41, 5.74) is 1.30. The van der Waals surface area contributed by atoms with Crippen LogP contribution in [-0.2, 0) is 13.0 Å². The summed E-state index contributed by atoms with van der Waals surface area (Å²) in [6.07, 6.45) is 4.81. The molecule has 0 fully saturated rings. The zero-order valence-electron chi connectivity index (χ0n) is 11.0. The van der Waals surface area contributed by atoms with Gasteiger partial charge in [0.1, 0.15) is 5.82 Å². The van der Waals surface area contributed by atoms with Crippen LogP contribution in [0.25, 0.3) is 0 Å². The highest BCUT2D eigenvalue weighted by Gasteiger charge is 2.18. The Hall–Kier alpha value is -0.170. The van der Waals surface area contributed by atoms with Crippen molar-refractivity contribution >= 4 is 43.2 Å². The maximum absolute atomic E-state index is 4.47. The molecule has 2 aromatic rings. The van der Waals surface area contributed by atoms with Gasteiger partial charge >= 0.3 is 0 Å². The maximum atomic E-state index is 4.47. The first-order valence-corrected chi connectivity index (χ1v) is 8.74. The Labute approximate surface area is 134 Å². The number of aryl methyl sites for hydroxylation is 1. The lowest BCUT2D eigenvalue weighted by atomic mass is 10.1. The van der Waals surface area contributed by atoms with E-state index < -0.39 is 0 Å². The van der Waals surface area contributed by atoms with Gasteiger partial charge in [0.25, 0.3) is 0 Å². The van der Waals surface area contributed by atoms with Crippen LogP contribution < -0.4 is 5.32 Å². The highest BCUT2D eigenvalue weighted by atomic mass is 79.9. The summed E-state index contributed by atoms with van der Waals surface area (Å²) in [6.45, 7) is 6.18. The van der Waals surface area contributed by atoms with Crippen molar-refractivity contribution in [2.75, 3.05) is 6.54 Å². The van der Waals surface area contributed by atoms with Gasteiger partial charge in [-0.1, -0.05) is 6.92 Å². The molecule has 0 radical (unpaired) electrons. The van der Waals surface area contributed by atoms with Crippen LogP contribution in [0.15, 0.2) is 26.0 Å². The fourth-order valence-corrected chi connectivity index (χ4v) is 5.10. The van der Waals surface area contributed by atoms with Crippen LogP contribution in [0.3, 0.4) is 0 Å². The van der Waals surface area contributed by atoms with Crippen molar-refractivity contribution in [2.24, 2.45) is 0 Å². The first-order valence-electron chi connectivity index (χ1n) is 6.33. The second-order valence-electron chi connectivity index (χ2n) is 4.22. The van der Waals surface area contributed by atoms with E-state index >= 15 is 0 Å². The van der Waals surface area contributed by atoms with Crippen molar-refractivity contribution in [2.45, 2.75) is 32.9 Å². The highest BCUT2D eigenvalue weighted by Crippen LogP contribution is 2.36. The number of likely N-dealkylation sites (N-methyl/N-ethyl adjacent to an activating group) is 1. The summed E-state index contributed by atoms with van der Waals surface area (Å²) in [7, 11) is 0. The number of nitrogens with zero attached hydrogens (tertiary/aromatic N) is 2. The Kier molecular flexibility index (Phi) is 5.62. The molecule has 0 aromatic carbocycles. The molecule has 0 aliphatic carbocycles. The zero-order valence-corrected chi connectivity index (χ0v) is 15.0. The summed E-state index contributed by atoms with van der Waals surface area (Å²) >= 11 is 8.91. The lowest BCUT2D eigenvalue weighted by Crippen LogP contribution is -2.24. The number of aromatic nitrogens is 2. The van der Waals surface area contributed by atoms with Crippen molar-refractivity contribution < 1.29 is 0 Å². The summed E-state index contributed by atoms with van der Waals surface area (Å²) in [5.74, 6) is 1.13. The number of halogens is 2. The predicted molar refractivity (Wildman–Crippen MR) is 87.7 cm³/mol. The minimum Gasteiger partial charge on any atom is -0.335 e. The van der Waals surface area contributed by atoms with Gasteiger partial charge in [-0.3, -0.25) is 0 Å². The molecule has 0 spiro atoms. The first kappa shape index (κ1) is 15.2. The molecule has 0 aliphatic rings. The van der Waals surface area contributed by atoms with Crippen LogP contribution in [0.5, 0.6) is 0 Å². The summed E-state index contributed by atoms with van der Waals surface area (Å²) in [4.78, 5) is 4.47. The molecule has 104 valence electrons. The standard InChI is InChI=1S/C13H17Br2N3S/c1-3-16-10(9-7-11(14)19-13(9)15)8-12-17-5-6-18(12)4-2/h5-7,10,16H,3-4,8H2,1-2H3. The number of rotatable bonds is 6. The van der Waals surface area contributed by atoms with E-state index in [-0.39, 0.29) is 6.04 Å². The van der Waals surface area contributed by atoms with E-state index in [1.807, 2.05) is 12.4 Å². The van der Waals surface area contributed by atoms with E-state index in [0.29, 0.717) is 0 Å². The van der Waals surface area contributed by atoms with Gasteiger partial charge in [-0.25, -0.2) is 4.98 Å². The van der Waals surface area contributed by atoms with Crippen LogP contribution in [-0.4, -0.2) is 16.1 Å². The van der Waals surface area contributed by atoms with E-state index in [2.05, 4.69) is 66.6 Å². The summed E-state index contributed by atoms with van der Waals surface area (Å²) in [6, 6.07) is 2.47. The lowest BCUT2D eigenvalue weighted by molar-refractivity contribution is 0.522. The van der Waals surface area contributed by atoms with Gasteiger partial charge in [-0.2, -0.15) is 0 Å². The molecule has 3 nitrogen and oxygen atoms in total. The molecule has 2 rings (SSSR count). The third-order valence-electron chi connectivity index (χ3n) is 3.04. The van der Waals surface area contributed by atoms with Gasteiger partial charge in [-0.05, 0) is 57.0 Å². The van der Waals surface area contributed by atoms with Crippen LogP contribution in [0.2, 0.25) is 0 Å². The molecule has 19 heavy (non-hydrogen) atoms. The van der Waals surface area contributed by atoms with Gasteiger partial charge < -0.3 is 9.88 Å². The maximum Gasteiger partial charge on any atom is 0.110 e. The van der Waals surface area contributed by atoms with Gasteiger partial charge in [-0.15, -0.1) is 11.3 Å². The minimum absolute atomic E-state index is 0.287. The third kappa shape index (κ3) is 3.68. The van der Waals surface area contributed by atoms with Crippen molar-refractivity contribution in [3.63, 3.8) is 0 Å². The summed E-state index contributed by atoms with van der Waals surface area (Å²) < 4.78 is 4.52. The van der Waals surface area contributed by atoms with E-state index in [1.165, 1.54) is 9.35 Å². The Morgan fingerprint density at radius 3 is 2.79 bits per heavy atom. The molecule has 0 aliphatic heterocycles. The van der Waals surface area contributed by atoms with E-state index in [1.54, 1.807) is 11.3 Å². The Bertz CT molecular complexity index is 536.